The average molecular weight is 563 g/mol. The molecule has 0 aliphatic carbocycles. The molecule has 4 aromatic carbocycles. The molecule has 0 unspecified atom stereocenters. The smallest absolute Gasteiger partial charge is 0.744 e. The normalized spacial score (nSPS) is 11.7. The van der Waals surface area contributed by atoms with E-state index >= 15 is 0 Å². The van der Waals surface area contributed by atoms with Crippen molar-refractivity contribution in [2.75, 3.05) is 0 Å². The van der Waals surface area contributed by atoms with Gasteiger partial charge in [0.15, 0.2) is 0 Å². The van der Waals surface area contributed by atoms with Gasteiger partial charge in [0.25, 0.3) is 0 Å². The predicted octanol–water partition coefficient (Wildman–Crippen LogP) is -0.489. The van der Waals surface area contributed by atoms with Gasteiger partial charge in [-0.05, 0) is 57.6 Å². The van der Waals surface area contributed by atoms with Crippen LogP contribution in [0.2, 0.25) is 0 Å². The summed E-state index contributed by atoms with van der Waals surface area (Å²) in [5.41, 5.74) is 4.04. The molecule has 38 heavy (non-hydrogen) atoms. The van der Waals surface area contributed by atoms with Crippen LogP contribution in [-0.4, -0.2) is 25.9 Å². The first-order chi connectivity index (χ1) is 17.1. The van der Waals surface area contributed by atoms with Crippen LogP contribution in [0.25, 0.3) is 35.4 Å². The molecule has 4 rings (SSSR count). The Morgan fingerprint density at radius 2 is 0.842 bits per heavy atom. The van der Waals surface area contributed by atoms with E-state index in [0.717, 1.165) is 22.3 Å². The Labute approximate surface area is 267 Å². The molecule has 0 aliphatic rings. The first-order valence-corrected chi connectivity index (χ1v) is 13.6. The minimum Gasteiger partial charge on any atom is -0.744 e. The zero-order valence-electron chi connectivity index (χ0n) is 20.8. The molecule has 0 N–H and O–H groups in total. The molecule has 0 radical (unpaired) electrons. The molecule has 0 aliphatic heterocycles. The van der Waals surface area contributed by atoms with Crippen molar-refractivity contribution in [3.63, 3.8) is 0 Å². The first-order valence-electron chi connectivity index (χ1n) is 10.8. The van der Waals surface area contributed by atoms with Gasteiger partial charge in [0.05, 0.1) is 9.79 Å². The molecule has 10 heteroatoms. The Hall–Kier alpha value is -1.82. The molecule has 0 fully saturated rings. The maximum Gasteiger partial charge on any atom is 1.00 e. The van der Waals surface area contributed by atoms with Gasteiger partial charge in [0.1, 0.15) is 20.2 Å². The molecule has 0 saturated heterocycles. The van der Waals surface area contributed by atoms with E-state index < -0.39 is 20.2 Å². The summed E-state index contributed by atoms with van der Waals surface area (Å²) in [7, 11) is -9.18. The Morgan fingerprint density at radius 1 is 0.474 bits per heavy atom. The quantitative estimate of drug-likeness (QED) is 0.171. The van der Waals surface area contributed by atoms with E-state index in [9.17, 15) is 25.9 Å². The van der Waals surface area contributed by atoms with E-state index in [1.165, 1.54) is 24.3 Å². The van der Waals surface area contributed by atoms with Crippen molar-refractivity contribution in [3.8, 4) is 11.1 Å². The van der Waals surface area contributed by atoms with Gasteiger partial charge >= 0.3 is 59.1 Å². The summed E-state index contributed by atoms with van der Waals surface area (Å²) in [6.45, 7) is 0. The minimum atomic E-state index is -4.59. The summed E-state index contributed by atoms with van der Waals surface area (Å²) in [5.74, 6) is 0. The Bertz CT molecular complexity index is 1570. The summed E-state index contributed by atoms with van der Waals surface area (Å²) in [5, 5.41) is 0. The second-order valence-electron chi connectivity index (χ2n) is 7.90. The van der Waals surface area contributed by atoms with Gasteiger partial charge in [-0.2, -0.15) is 0 Å². The van der Waals surface area contributed by atoms with Crippen LogP contribution in [-0.2, 0) is 20.2 Å². The summed E-state index contributed by atoms with van der Waals surface area (Å²) >= 11 is 0. The maximum atomic E-state index is 11.5. The second kappa shape index (κ2) is 14.0. The summed E-state index contributed by atoms with van der Waals surface area (Å²) in [4.78, 5) is -0.550. The van der Waals surface area contributed by atoms with Crippen molar-refractivity contribution < 1.29 is 85.1 Å². The molecule has 6 nitrogen and oxygen atoms in total. The second-order valence-corrected chi connectivity index (χ2v) is 10.6. The van der Waals surface area contributed by atoms with Crippen LogP contribution in [0, 0.1) is 0 Å². The van der Waals surface area contributed by atoms with Crippen LogP contribution >= 0.6 is 0 Å². The van der Waals surface area contributed by atoms with Crippen molar-refractivity contribution >= 4 is 44.5 Å². The zero-order valence-corrected chi connectivity index (χ0v) is 26.4. The molecule has 0 amide bonds. The molecule has 0 spiro atoms. The third-order valence-corrected chi connectivity index (χ3v) is 7.21. The van der Waals surface area contributed by atoms with Crippen molar-refractivity contribution in [3.05, 3.63) is 119 Å². The van der Waals surface area contributed by atoms with Gasteiger partial charge in [-0.15, -0.1) is 0 Å². The van der Waals surface area contributed by atoms with Crippen LogP contribution < -0.4 is 59.1 Å². The monoisotopic (exact) mass is 562 g/mol. The van der Waals surface area contributed by atoms with Crippen molar-refractivity contribution in [2.45, 2.75) is 9.79 Å². The number of hydrogen-bond acceptors (Lipinski definition) is 6. The molecule has 0 saturated carbocycles. The molecule has 0 aromatic heterocycles. The van der Waals surface area contributed by atoms with E-state index in [1.807, 2.05) is 48.5 Å². The van der Waals surface area contributed by atoms with Crippen LogP contribution in [0.5, 0.6) is 0 Å². The molecular formula is C28H20Na2O6S2. The molecule has 0 bridgehead atoms. The van der Waals surface area contributed by atoms with Gasteiger partial charge in [-0.25, -0.2) is 16.8 Å². The van der Waals surface area contributed by atoms with Gasteiger partial charge in [-0.1, -0.05) is 97.1 Å². The fourth-order valence-electron chi connectivity index (χ4n) is 3.71. The van der Waals surface area contributed by atoms with E-state index in [0.29, 0.717) is 11.1 Å². The van der Waals surface area contributed by atoms with Crippen molar-refractivity contribution in [1.82, 2.24) is 0 Å². The van der Waals surface area contributed by atoms with E-state index in [-0.39, 0.29) is 68.9 Å². The summed E-state index contributed by atoms with van der Waals surface area (Å²) in [6.07, 6.45) is 6.64. The van der Waals surface area contributed by atoms with Crippen molar-refractivity contribution in [1.29, 1.82) is 0 Å². The maximum absolute atomic E-state index is 11.5. The van der Waals surface area contributed by atoms with E-state index in [2.05, 4.69) is 0 Å². The molecule has 0 heterocycles. The average Bonchev–Trinajstić information content (AvgIpc) is 2.86. The Morgan fingerprint density at radius 3 is 1.21 bits per heavy atom. The number of hydrogen-bond donors (Lipinski definition) is 0. The topological polar surface area (TPSA) is 114 Å². The van der Waals surface area contributed by atoms with Gasteiger partial charge in [0.2, 0.25) is 0 Å². The fraction of sp³-hybridized carbons (Fsp3) is 0. The third-order valence-electron chi connectivity index (χ3n) is 5.39. The largest absolute Gasteiger partial charge is 1.00 e. The van der Waals surface area contributed by atoms with Crippen molar-refractivity contribution in [2.24, 2.45) is 0 Å². The van der Waals surface area contributed by atoms with Gasteiger partial charge in [-0.3, -0.25) is 0 Å². The summed E-state index contributed by atoms with van der Waals surface area (Å²) in [6, 6.07) is 27.2. The van der Waals surface area contributed by atoms with Gasteiger partial charge < -0.3 is 9.11 Å². The van der Waals surface area contributed by atoms with Crippen LogP contribution in [0.15, 0.2) is 107 Å². The van der Waals surface area contributed by atoms with E-state index in [1.54, 1.807) is 48.6 Å². The van der Waals surface area contributed by atoms with Gasteiger partial charge in [0, 0.05) is 0 Å². The molecule has 4 aromatic rings. The Balaban J connectivity index is 0.00000253. The first kappa shape index (κ1) is 32.4. The minimum absolute atomic E-state index is 0. The molecule has 0 atom stereocenters. The standard InChI is InChI=1S/C28H22O6S2.2Na/c29-35(30,31)27-13-3-1-9-23(27)17-15-21-7-5-11-25(19-21)26-12-6-8-22(20-26)16-18-24-10-2-4-14-28(24)36(32,33)34;;/h1-20H,(H,29,30,31)(H,32,33,34);;/q;2*+1/p-2/b17-15+,18-16+;;. The fourth-order valence-corrected chi connectivity index (χ4v) is 5.05. The zero-order chi connectivity index (χ0) is 25.8. The number of rotatable bonds is 7. The summed E-state index contributed by atoms with van der Waals surface area (Å²) < 4.78 is 69.0. The van der Waals surface area contributed by atoms with E-state index in [4.69, 9.17) is 0 Å². The predicted molar refractivity (Wildman–Crippen MR) is 139 cm³/mol. The van der Waals surface area contributed by atoms with Crippen LogP contribution in [0.1, 0.15) is 22.3 Å². The van der Waals surface area contributed by atoms with Crippen LogP contribution in [0.4, 0.5) is 0 Å². The SMILES string of the molecule is O=S(=O)([O-])c1ccccc1/C=C/c1cccc(-c2cccc(/C=C/c3ccccc3S(=O)(=O)[O-])c2)c1.[Na+].[Na+]. The van der Waals surface area contributed by atoms with Crippen LogP contribution in [0.3, 0.4) is 0 Å². The molecule has 182 valence electrons. The molecular weight excluding hydrogens is 542 g/mol. The third kappa shape index (κ3) is 8.59. The number of benzene rings is 4. The Kier molecular flexibility index (Phi) is 11.9.